The highest BCUT2D eigenvalue weighted by molar-refractivity contribution is 7.19. The summed E-state index contributed by atoms with van der Waals surface area (Å²) >= 11 is 8.20. The average Bonchev–Trinajstić information content (AvgIpc) is 2.96. The number of nitrogens with one attached hydrogen (secondary N) is 1. The van der Waals surface area contributed by atoms with E-state index in [1.165, 1.54) is 9.58 Å². The van der Waals surface area contributed by atoms with Crippen LogP contribution in [0.3, 0.4) is 0 Å². The molecule has 1 saturated heterocycles. The number of rotatable bonds is 4. The van der Waals surface area contributed by atoms with Crippen molar-refractivity contribution in [2.75, 3.05) is 26.7 Å². The minimum atomic E-state index is -0.599. The summed E-state index contributed by atoms with van der Waals surface area (Å²) in [6.07, 6.45) is 0.817. The predicted octanol–water partition coefficient (Wildman–Crippen LogP) is 2.71. The third-order valence-electron chi connectivity index (χ3n) is 3.80. The molecule has 0 bridgehead atoms. The molecule has 2 heterocycles. The molecular weight excluding hydrogens is 292 g/mol. The van der Waals surface area contributed by atoms with Crippen LogP contribution < -0.4 is 5.32 Å². The molecule has 108 valence electrons. The molecule has 1 aromatic heterocycles. The molecule has 0 saturated carbocycles. The van der Waals surface area contributed by atoms with E-state index >= 15 is 0 Å². The van der Waals surface area contributed by atoms with Gasteiger partial charge in [0.15, 0.2) is 0 Å². The first-order valence-corrected chi connectivity index (χ1v) is 8.04. The van der Waals surface area contributed by atoms with Gasteiger partial charge in [-0.1, -0.05) is 29.8 Å². The number of hydrogen-bond donors (Lipinski definition) is 2. The van der Waals surface area contributed by atoms with Crippen LogP contribution in [0.1, 0.15) is 11.3 Å². The third kappa shape index (κ3) is 2.85. The van der Waals surface area contributed by atoms with Crippen molar-refractivity contribution in [1.82, 2.24) is 10.2 Å². The molecule has 3 nitrogen and oxygen atoms in total. The zero-order valence-electron chi connectivity index (χ0n) is 11.5. The van der Waals surface area contributed by atoms with Crippen molar-refractivity contribution in [3.63, 3.8) is 0 Å². The maximum Gasteiger partial charge on any atom is 0.0909 e. The van der Waals surface area contributed by atoms with Crippen molar-refractivity contribution in [1.29, 1.82) is 0 Å². The van der Waals surface area contributed by atoms with Crippen molar-refractivity contribution < 1.29 is 5.11 Å². The lowest BCUT2D eigenvalue weighted by Gasteiger charge is -2.27. The first-order chi connectivity index (χ1) is 9.57. The van der Waals surface area contributed by atoms with Crippen molar-refractivity contribution in [3.8, 4) is 0 Å². The summed E-state index contributed by atoms with van der Waals surface area (Å²) < 4.78 is 1.22. The number of hydrogen-bond acceptors (Lipinski definition) is 4. The van der Waals surface area contributed by atoms with E-state index in [1.54, 1.807) is 11.3 Å². The van der Waals surface area contributed by atoms with E-state index < -0.39 is 5.60 Å². The van der Waals surface area contributed by atoms with Crippen molar-refractivity contribution in [2.24, 2.45) is 0 Å². The van der Waals surface area contributed by atoms with E-state index in [-0.39, 0.29) is 0 Å². The number of aliphatic hydroxyl groups is 1. The molecule has 0 amide bonds. The summed E-state index contributed by atoms with van der Waals surface area (Å²) in [6.45, 7) is 3.02. The van der Waals surface area contributed by atoms with Gasteiger partial charge in [-0.15, -0.1) is 11.3 Å². The highest BCUT2D eigenvalue weighted by Gasteiger charge is 2.32. The van der Waals surface area contributed by atoms with E-state index in [0.717, 1.165) is 29.9 Å². The van der Waals surface area contributed by atoms with Gasteiger partial charge in [0.1, 0.15) is 0 Å². The number of thiophene rings is 1. The van der Waals surface area contributed by atoms with Crippen LogP contribution >= 0.6 is 22.9 Å². The lowest BCUT2D eigenvalue weighted by Crippen LogP contribution is -2.42. The maximum absolute atomic E-state index is 10.4. The molecular formula is C15H19ClN2OS. The Hall–Kier alpha value is -0.650. The molecule has 0 aliphatic carbocycles. The van der Waals surface area contributed by atoms with Gasteiger partial charge < -0.3 is 10.4 Å². The molecule has 0 radical (unpaired) electrons. The van der Waals surface area contributed by atoms with Gasteiger partial charge in [0.25, 0.3) is 0 Å². The molecule has 20 heavy (non-hydrogen) atoms. The number of halogens is 1. The fraction of sp³-hybridized carbons (Fsp3) is 0.467. The maximum atomic E-state index is 10.4. The topological polar surface area (TPSA) is 35.5 Å². The number of benzene rings is 1. The lowest BCUT2D eigenvalue weighted by atomic mass is 10.0. The van der Waals surface area contributed by atoms with Gasteiger partial charge in [-0.2, -0.15) is 0 Å². The number of fused-ring (bicyclic) bond motifs is 1. The van der Waals surface area contributed by atoms with Crippen LogP contribution in [0.4, 0.5) is 0 Å². The molecule has 5 heteroatoms. The standard InChI is InChI=1S/C15H19ClN2OS/c1-18(10-15(19)6-7-17-9-15)8-13-14(16)11-4-2-3-5-12(11)20-13/h2-5,17,19H,6-10H2,1H3/t15-/m1/s1. The summed E-state index contributed by atoms with van der Waals surface area (Å²) in [5.74, 6) is 0. The zero-order valence-corrected chi connectivity index (χ0v) is 13.1. The lowest BCUT2D eigenvalue weighted by molar-refractivity contribution is 0.0266. The van der Waals surface area contributed by atoms with Gasteiger partial charge >= 0.3 is 0 Å². The van der Waals surface area contributed by atoms with E-state index in [2.05, 4.69) is 22.3 Å². The second-order valence-corrected chi connectivity index (χ2v) is 7.17. The summed E-state index contributed by atoms with van der Waals surface area (Å²) in [7, 11) is 2.04. The van der Waals surface area contributed by atoms with Crippen LogP contribution in [0.5, 0.6) is 0 Å². The molecule has 0 spiro atoms. The van der Waals surface area contributed by atoms with E-state index in [0.29, 0.717) is 13.1 Å². The van der Waals surface area contributed by atoms with Crippen LogP contribution in [-0.4, -0.2) is 42.3 Å². The minimum absolute atomic E-state index is 0.599. The second kappa shape index (κ2) is 5.62. The smallest absolute Gasteiger partial charge is 0.0909 e. The van der Waals surface area contributed by atoms with Crippen molar-refractivity contribution in [3.05, 3.63) is 34.2 Å². The number of likely N-dealkylation sites (N-methyl/N-ethyl adjacent to an activating group) is 1. The Labute approximate surface area is 128 Å². The fourth-order valence-electron chi connectivity index (χ4n) is 2.84. The van der Waals surface area contributed by atoms with Crippen molar-refractivity contribution in [2.45, 2.75) is 18.6 Å². The molecule has 0 unspecified atom stereocenters. The highest BCUT2D eigenvalue weighted by atomic mass is 35.5. The van der Waals surface area contributed by atoms with Gasteiger partial charge in [0, 0.05) is 34.6 Å². The molecule has 1 aliphatic rings. The Morgan fingerprint density at radius 1 is 1.45 bits per heavy atom. The number of β-amino-alcohol motifs (C(OH)–C–C–N with tert-alkyl or cyclic N) is 1. The summed E-state index contributed by atoms with van der Waals surface area (Å²) in [5.41, 5.74) is -0.599. The van der Waals surface area contributed by atoms with Crippen LogP contribution in [0.25, 0.3) is 10.1 Å². The van der Waals surface area contributed by atoms with E-state index in [4.69, 9.17) is 11.6 Å². The van der Waals surface area contributed by atoms with Gasteiger partial charge in [-0.25, -0.2) is 0 Å². The molecule has 1 atom stereocenters. The molecule has 2 N–H and O–H groups in total. The van der Waals surface area contributed by atoms with Crippen LogP contribution in [-0.2, 0) is 6.54 Å². The van der Waals surface area contributed by atoms with Gasteiger partial charge in [0.05, 0.1) is 10.6 Å². The van der Waals surface area contributed by atoms with Crippen LogP contribution in [0.15, 0.2) is 24.3 Å². The quantitative estimate of drug-likeness (QED) is 0.911. The summed E-state index contributed by atoms with van der Waals surface area (Å²) in [4.78, 5) is 3.33. The Morgan fingerprint density at radius 3 is 2.95 bits per heavy atom. The van der Waals surface area contributed by atoms with Gasteiger partial charge in [-0.05, 0) is 26.1 Å². The van der Waals surface area contributed by atoms with Crippen LogP contribution in [0.2, 0.25) is 5.02 Å². The first kappa shape index (κ1) is 14.3. The third-order valence-corrected chi connectivity index (χ3v) is 5.50. The molecule has 2 aromatic rings. The fourth-order valence-corrected chi connectivity index (χ4v) is 4.41. The van der Waals surface area contributed by atoms with E-state index in [9.17, 15) is 5.11 Å². The molecule has 1 aromatic carbocycles. The predicted molar refractivity (Wildman–Crippen MR) is 85.6 cm³/mol. The SMILES string of the molecule is CN(Cc1sc2ccccc2c1Cl)C[C@@]1(O)CCNC1. The molecule has 3 rings (SSSR count). The minimum Gasteiger partial charge on any atom is -0.387 e. The monoisotopic (exact) mass is 310 g/mol. The Bertz CT molecular complexity index is 607. The zero-order chi connectivity index (χ0) is 14.2. The van der Waals surface area contributed by atoms with Crippen LogP contribution in [0, 0.1) is 0 Å². The molecule has 1 fully saturated rings. The first-order valence-electron chi connectivity index (χ1n) is 6.85. The summed E-state index contributed by atoms with van der Waals surface area (Å²) in [5, 5.41) is 15.6. The van der Waals surface area contributed by atoms with Gasteiger partial charge in [0.2, 0.25) is 0 Å². The Balaban J connectivity index is 1.74. The average molecular weight is 311 g/mol. The normalized spacial score (nSPS) is 23.0. The number of nitrogens with zero attached hydrogens (tertiary/aromatic N) is 1. The largest absolute Gasteiger partial charge is 0.387 e. The van der Waals surface area contributed by atoms with E-state index in [1.807, 2.05) is 19.2 Å². The summed E-state index contributed by atoms with van der Waals surface area (Å²) in [6, 6.07) is 8.22. The van der Waals surface area contributed by atoms with Gasteiger partial charge in [-0.3, -0.25) is 4.90 Å². The Kier molecular flexibility index (Phi) is 4.02. The highest BCUT2D eigenvalue weighted by Crippen LogP contribution is 2.35. The second-order valence-electron chi connectivity index (χ2n) is 5.66. The van der Waals surface area contributed by atoms with Crippen molar-refractivity contribution >= 4 is 33.0 Å². The molecule has 1 aliphatic heterocycles. The Morgan fingerprint density at radius 2 is 2.25 bits per heavy atom.